The van der Waals surface area contributed by atoms with E-state index in [-0.39, 0.29) is 0 Å². The van der Waals surface area contributed by atoms with Crippen LogP contribution in [-0.4, -0.2) is 24.1 Å². The van der Waals surface area contributed by atoms with Gasteiger partial charge in [0.1, 0.15) is 11.2 Å². The second-order valence-corrected chi connectivity index (χ2v) is 17.1. The summed E-state index contributed by atoms with van der Waals surface area (Å²) in [6.45, 7) is 0. The molecule has 0 saturated carbocycles. The highest BCUT2D eigenvalue weighted by atomic mass is 16.3. The Morgan fingerprint density at radius 1 is 0.313 bits per heavy atom. The van der Waals surface area contributed by atoms with Gasteiger partial charge in [-0.25, -0.2) is 15.0 Å². The fourth-order valence-corrected chi connectivity index (χ4v) is 10.4. The van der Waals surface area contributed by atoms with Crippen LogP contribution >= 0.6 is 0 Å². The number of hydrogen-bond acceptors (Lipinski definition) is 4. The maximum Gasteiger partial charge on any atom is 0.166 e. The summed E-state index contributed by atoms with van der Waals surface area (Å²) in [6, 6.07) is 79.0. The number of rotatable bonds is 6. The van der Waals surface area contributed by atoms with Crippen LogP contribution in [0.5, 0.6) is 0 Å². The van der Waals surface area contributed by atoms with E-state index in [1.165, 1.54) is 10.8 Å². The zero-order chi connectivity index (χ0) is 44.0. The third-order valence-corrected chi connectivity index (χ3v) is 13.3. The number of nitrogens with zero attached hydrogens (tertiary/aromatic N) is 5. The molecule has 0 unspecified atom stereocenters. The van der Waals surface area contributed by atoms with Crippen LogP contribution in [0.1, 0.15) is 0 Å². The van der Waals surface area contributed by atoms with E-state index < -0.39 is 0 Å². The van der Waals surface area contributed by atoms with Crippen LogP contribution in [0, 0.1) is 0 Å². The van der Waals surface area contributed by atoms with E-state index in [4.69, 9.17) is 19.4 Å². The first kappa shape index (κ1) is 37.3. The van der Waals surface area contributed by atoms with E-state index in [9.17, 15) is 0 Å². The van der Waals surface area contributed by atoms with Crippen LogP contribution < -0.4 is 0 Å². The summed E-state index contributed by atoms with van der Waals surface area (Å²) in [6.07, 6.45) is 0. The normalized spacial score (nSPS) is 11.9. The molecule has 0 N–H and O–H groups in total. The van der Waals surface area contributed by atoms with Crippen molar-refractivity contribution >= 4 is 76.3 Å². The fourth-order valence-electron chi connectivity index (χ4n) is 10.4. The zero-order valence-corrected chi connectivity index (χ0v) is 36.0. The number of fused-ring (bicyclic) bond motifs is 10. The number of hydrogen-bond donors (Lipinski definition) is 0. The molecule has 14 rings (SSSR count). The lowest BCUT2D eigenvalue weighted by atomic mass is 10.0. The predicted octanol–water partition coefficient (Wildman–Crippen LogP) is 15.8. The van der Waals surface area contributed by atoms with E-state index in [0.29, 0.717) is 17.5 Å². The van der Waals surface area contributed by atoms with Crippen LogP contribution in [0.15, 0.2) is 229 Å². The highest BCUT2D eigenvalue weighted by Crippen LogP contribution is 2.45. The smallest absolute Gasteiger partial charge is 0.166 e. The summed E-state index contributed by atoms with van der Waals surface area (Å²) in [5, 5.41) is 8.89. The van der Waals surface area contributed by atoms with Gasteiger partial charge < -0.3 is 13.6 Å². The van der Waals surface area contributed by atoms with E-state index in [0.717, 1.165) is 105 Å². The van der Waals surface area contributed by atoms with E-state index in [1.807, 2.05) is 18.2 Å². The lowest BCUT2D eigenvalue weighted by Gasteiger charge is -2.16. The molecule has 0 aliphatic rings. The molecule has 4 aromatic heterocycles. The van der Waals surface area contributed by atoms with Crippen molar-refractivity contribution in [2.24, 2.45) is 0 Å². The van der Waals surface area contributed by atoms with Crippen LogP contribution in [0.25, 0.3) is 133 Å². The van der Waals surface area contributed by atoms with Gasteiger partial charge in [0.15, 0.2) is 17.5 Å². The molecule has 0 radical (unpaired) electrons. The molecule has 0 spiro atoms. The zero-order valence-electron chi connectivity index (χ0n) is 36.0. The molecule has 0 amide bonds. The molecule has 6 nitrogen and oxygen atoms in total. The first-order valence-electron chi connectivity index (χ1n) is 22.6. The minimum Gasteiger partial charge on any atom is -0.456 e. The van der Waals surface area contributed by atoms with E-state index in [2.05, 4.69) is 215 Å². The molecule has 312 valence electrons. The molecule has 0 aliphatic carbocycles. The number of aromatic nitrogens is 5. The van der Waals surface area contributed by atoms with Crippen molar-refractivity contribution in [3.05, 3.63) is 224 Å². The van der Waals surface area contributed by atoms with Crippen molar-refractivity contribution in [3.8, 4) is 56.7 Å². The summed E-state index contributed by atoms with van der Waals surface area (Å²) < 4.78 is 11.4. The molecular weight excluding hydrogens is 819 g/mol. The van der Waals surface area contributed by atoms with Gasteiger partial charge in [0.2, 0.25) is 0 Å². The Balaban J connectivity index is 1.11. The second-order valence-electron chi connectivity index (χ2n) is 17.1. The Hall–Kier alpha value is -9.13. The molecule has 4 heterocycles. The minimum absolute atomic E-state index is 0.558. The van der Waals surface area contributed by atoms with Crippen molar-refractivity contribution < 1.29 is 4.42 Å². The quantitative estimate of drug-likeness (QED) is 0.167. The van der Waals surface area contributed by atoms with Gasteiger partial charge in [-0.05, 0) is 88.6 Å². The van der Waals surface area contributed by atoms with Crippen LogP contribution in [0.4, 0.5) is 0 Å². The highest BCUT2D eigenvalue weighted by molar-refractivity contribution is 6.19. The molecule has 0 bridgehead atoms. The predicted molar refractivity (Wildman–Crippen MR) is 275 cm³/mol. The second kappa shape index (κ2) is 14.7. The Morgan fingerprint density at radius 3 is 1.73 bits per heavy atom. The van der Waals surface area contributed by atoms with Gasteiger partial charge in [0.25, 0.3) is 0 Å². The minimum atomic E-state index is 0.558. The molecule has 14 aromatic rings. The Kier molecular flexibility index (Phi) is 8.18. The summed E-state index contributed by atoms with van der Waals surface area (Å²) >= 11 is 0. The average Bonchev–Trinajstić information content (AvgIpc) is 4.06. The Labute approximate surface area is 384 Å². The van der Waals surface area contributed by atoms with Crippen molar-refractivity contribution in [2.45, 2.75) is 0 Å². The number of furan rings is 1. The maximum absolute atomic E-state index is 6.68. The molecule has 0 fully saturated rings. The van der Waals surface area contributed by atoms with Crippen molar-refractivity contribution in [1.29, 1.82) is 0 Å². The Morgan fingerprint density at radius 2 is 0.910 bits per heavy atom. The van der Waals surface area contributed by atoms with Crippen molar-refractivity contribution in [2.75, 3.05) is 0 Å². The summed E-state index contributed by atoms with van der Waals surface area (Å²) in [4.78, 5) is 16.6. The molecule has 10 aromatic carbocycles. The molecule has 0 aliphatic heterocycles. The molecule has 0 saturated heterocycles. The van der Waals surface area contributed by atoms with Crippen molar-refractivity contribution in [3.63, 3.8) is 0 Å². The third kappa shape index (κ3) is 5.80. The standard InChI is InChI=1S/C61H37N5O/c1-3-17-38(18-4-1)39-21-15-22-42(35-39)59-62-60(47-28-16-31-52-56(47)45-26-10-13-30-51(45)65(52)43-23-5-2-6-24-43)64-61(63-59)48-33-34-55-57(46-27-11-14-32-54(46)67-55)58(48)66-50-29-12-9-25-44(50)49-36-40-19-7-8-20-41(40)37-53(49)66/h1-37H. The Bertz CT molecular complexity index is 4280. The van der Waals surface area contributed by atoms with Gasteiger partial charge in [-0.2, -0.15) is 0 Å². The summed E-state index contributed by atoms with van der Waals surface area (Å²) in [7, 11) is 0. The van der Waals surface area contributed by atoms with Gasteiger partial charge >= 0.3 is 0 Å². The SMILES string of the molecule is c1ccc(-c2cccc(-c3nc(-c4ccc5oc6ccccc6c5c4-n4c5ccccc5c5cc6ccccc6cc54)nc(-c4cccc5c4c4ccccc4n5-c4ccccc4)n3)c2)cc1. The summed E-state index contributed by atoms with van der Waals surface area (Å²) in [5.74, 6) is 1.73. The molecule has 0 atom stereocenters. The van der Waals surface area contributed by atoms with Crippen LogP contribution in [0.3, 0.4) is 0 Å². The topological polar surface area (TPSA) is 61.7 Å². The third-order valence-electron chi connectivity index (χ3n) is 13.3. The monoisotopic (exact) mass is 855 g/mol. The fraction of sp³-hybridized carbons (Fsp3) is 0. The number of para-hydroxylation sites is 4. The van der Waals surface area contributed by atoms with Crippen molar-refractivity contribution in [1.82, 2.24) is 24.1 Å². The lowest BCUT2D eigenvalue weighted by molar-refractivity contribution is 0.669. The lowest BCUT2D eigenvalue weighted by Crippen LogP contribution is -2.04. The molecular formula is C61H37N5O. The average molecular weight is 856 g/mol. The first-order chi connectivity index (χ1) is 33.2. The van der Waals surface area contributed by atoms with E-state index in [1.54, 1.807) is 0 Å². The van der Waals surface area contributed by atoms with Crippen LogP contribution in [-0.2, 0) is 0 Å². The summed E-state index contributed by atoms with van der Waals surface area (Å²) in [5.41, 5.74) is 12.9. The van der Waals surface area contributed by atoms with Crippen LogP contribution in [0.2, 0.25) is 0 Å². The molecule has 67 heavy (non-hydrogen) atoms. The van der Waals surface area contributed by atoms with Gasteiger partial charge in [-0.15, -0.1) is 0 Å². The first-order valence-corrected chi connectivity index (χ1v) is 22.6. The van der Waals surface area contributed by atoms with Gasteiger partial charge in [0.05, 0.1) is 33.1 Å². The van der Waals surface area contributed by atoms with Gasteiger partial charge in [-0.3, -0.25) is 0 Å². The van der Waals surface area contributed by atoms with Gasteiger partial charge in [0, 0.05) is 49.3 Å². The van der Waals surface area contributed by atoms with Gasteiger partial charge in [-0.1, -0.05) is 158 Å². The maximum atomic E-state index is 6.68. The largest absolute Gasteiger partial charge is 0.456 e. The van der Waals surface area contributed by atoms with E-state index >= 15 is 0 Å². The number of benzene rings is 10. The highest BCUT2D eigenvalue weighted by Gasteiger charge is 2.26. The molecule has 6 heteroatoms.